The van der Waals surface area contributed by atoms with E-state index in [9.17, 15) is 4.79 Å². The molecule has 3 heterocycles. The maximum Gasteiger partial charge on any atom is 0.223 e. The van der Waals surface area contributed by atoms with Crippen LogP contribution in [0.2, 0.25) is 0 Å². The summed E-state index contributed by atoms with van der Waals surface area (Å²) in [5.41, 5.74) is 1.21. The number of amides is 1. The maximum atomic E-state index is 12.5. The van der Waals surface area contributed by atoms with E-state index in [4.69, 9.17) is 4.98 Å². The van der Waals surface area contributed by atoms with E-state index >= 15 is 0 Å². The first-order valence-corrected chi connectivity index (χ1v) is 11.3. The predicted octanol–water partition coefficient (Wildman–Crippen LogP) is 3.56. The van der Waals surface area contributed by atoms with E-state index in [1.165, 1.54) is 10.4 Å². The standard InChI is InChI=1S/C23H29N5OS/c1-16-25-21(19-15-20(30-23(19)26-16)17-7-5-4-6-8-17)28-12-9-18(10-13-28)22(29)24-11-14-27(2)3/h4-8,15,18H,9-14H2,1-3H3,(H,24,29). The number of rotatable bonds is 6. The van der Waals surface area contributed by atoms with E-state index < -0.39 is 0 Å². The molecule has 1 aromatic carbocycles. The maximum absolute atomic E-state index is 12.5. The van der Waals surface area contributed by atoms with Gasteiger partial charge in [-0.3, -0.25) is 4.79 Å². The molecule has 0 atom stereocenters. The average Bonchev–Trinajstić information content (AvgIpc) is 3.17. The van der Waals surface area contributed by atoms with Gasteiger partial charge in [0.15, 0.2) is 0 Å². The fourth-order valence-electron chi connectivity index (χ4n) is 3.90. The highest BCUT2D eigenvalue weighted by Crippen LogP contribution is 2.37. The molecule has 1 N–H and O–H groups in total. The molecule has 1 saturated heterocycles. The van der Waals surface area contributed by atoms with Crippen molar-refractivity contribution in [1.29, 1.82) is 0 Å². The van der Waals surface area contributed by atoms with Crippen molar-refractivity contribution in [2.45, 2.75) is 19.8 Å². The van der Waals surface area contributed by atoms with Crippen LogP contribution < -0.4 is 10.2 Å². The highest BCUT2D eigenvalue weighted by Gasteiger charge is 2.27. The Morgan fingerprint density at radius 2 is 1.93 bits per heavy atom. The highest BCUT2D eigenvalue weighted by atomic mass is 32.1. The largest absolute Gasteiger partial charge is 0.356 e. The van der Waals surface area contributed by atoms with E-state index in [0.29, 0.717) is 6.54 Å². The van der Waals surface area contributed by atoms with Gasteiger partial charge in [0.1, 0.15) is 16.5 Å². The van der Waals surface area contributed by atoms with Gasteiger partial charge >= 0.3 is 0 Å². The zero-order valence-corrected chi connectivity index (χ0v) is 18.7. The SMILES string of the molecule is Cc1nc(N2CCC(C(=O)NCCN(C)C)CC2)c2cc(-c3ccccc3)sc2n1. The van der Waals surface area contributed by atoms with E-state index in [2.05, 4.69) is 50.4 Å². The quantitative estimate of drug-likeness (QED) is 0.657. The summed E-state index contributed by atoms with van der Waals surface area (Å²) in [6, 6.07) is 12.6. The number of aryl methyl sites for hydroxylation is 1. The van der Waals surface area contributed by atoms with Crippen molar-refractivity contribution in [2.75, 3.05) is 45.2 Å². The average molecular weight is 424 g/mol. The summed E-state index contributed by atoms with van der Waals surface area (Å²) in [5, 5.41) is 4.19. The molecule has 7 heteroatoms. The van der Waals surface area contributed by atoms with E-state index in [1.54, 1.807) is 11.3 Å². The minimum Gasteiger partial charge on any atom is -0.356 e. The predicted molar refractivity (Wildman–Crippen MR) is 124 cm³/mol. The number of piperidine rings is 1. The van der Waals surface area contributed by atoms with Gasteiger partial charge in [-0.05, 0) is 45.5 Å². The lowest BCUT2D eigenvalue weighted by molar-refractivity contribution is -0.125. The molecule has 0 spiro atoms. The fourth-order valence-corrected chi connectivity index (χ4v) is 4.97. The van der Waals surface area contributed by atoms with Gasteiger partial charge in [-0.15, -0.1) is 11.3 Å². The van der Waals surface area contributed by atoms with Crippen molar-refractivity contribution >= 4 is 33.3 Å². The first-order valence-electron chi connectivity index (χ1n) is 10.5. The lowest BCUT2D eigenvalue weighted by atomic mass is 9.95. The number of likely N-dealkylation sites (N-methyl/N-ethyl adjacent to an activating group) is 1. The number of aromatic nitrogens is 2. The third-order valence-electron chi connectivity index (χ3n) is 5.57. The fraction of sp³-hybridized carbons (Fsp3) is 0.435. The summed E-state index contributed by atoms with van der Waals surface area (Å²) in [6.07, 6.45) is 1.71. The summed E-state index contributed by atoms with van der Waals surface area (Å²) in [6.45, 7) is 5.21. The Morgan fingerprint density at radius 3 is 2.63 bits per heavy atom. The Balaban J connectivity index is 1.49. The molecule has 0 radical (unpaired) electrons. The number of nitrogens with zero attached hydrogens (tertiary/aromatic N) is 4. The van der Waals surface area contributed by atoms with Crippen LogP contribution in [0.4, 0.5) is 5.82 Å². The Bertz CT molecular complexity index is 1010. The zero-order valence-electron chi connectivity index (χ0n) is 17.9. The van der Waals surface area contributed by atoms with Crippen LogP contribution in [0.5, 0.6) is 0 Å². The number of nitrogens with one attached hydrogen (secondary N) is 1. The minimum atomic E-state index is 0.0872. The lowest BCUT2D eigenvalue weighted by Gasteiger charge is -2.32. The molecule has 0 saturated carbocycles. The molecule has 0 bridgehead atoms. The summed E-state index contributed by atoms with van der Waals surface area (Å²) in [4.78, 5) is 28.6. The van der Waals surface area contributed by atoms with Crippen LogP contribution in [0.15, 0.2) is 36.4 Å². The Hall–Kier alpha value is -2.51. The zero-order chi connectivity index (χ0) is 21.1. The first-order chi connectivity index (χ1) is 14.5. The molecule has 158 valence electrons. The molecule has 3 aromatic rings. The van der Waals surface area contributed by atoms with Gasteiger partial charge in [0.25, 0.3) is 0 Å². The summed E-state index contributed by atoms with van der Waals surface area (Å²) in [5.74, 6) is 2.07. The number of hydrogen-bond donors (Lipinski definition) is 1. The second-order valence-corrected chi connectivity index (χ2v) is 9.18. The molecule has 30 heavy (non-hydrogen) atoms. The summed E-state index contributed by atoms with van der Waals surface area (Å²) >= 11 is 1.71. The molecule has 2 aromatic heterocycles. The number of hydrogen-bond acceptors (Lipinski definition) is 6. The van der Waals surface area contributed by atoms with Crippen LogP contribution in [0, 0.1) is 12.8 Å². The van der Waals surface area contributed by atoms with Crippen LogP contribution in [0.25, 0.3) is 20.7 Å². The van der Waals surface area contributed by atoms with Crippen LogP contribution in [0.1, 0.15) is 18.7 Å². The summed E-state index contributed by atoms with van der Waals surface area (Å²) in [7, 11) is 4.03. The van der Waals surface area contributed by atoms with Crippen LogP contribution in [-0.2, 0) is 4.79 Å². The van der Waals surface area contributed by atoms with Gasteiger partial charge in [0.05, 0.1) is 5.39 Å². The Labute approximate surface area is 181 Å². The van der Waals surface area contributed by atoms with Crippen LogP contribution in [0.3, 0.4) is 0 Å². The number of thiophene rings is 1. The molecule has 6 nitrogen and oxygen atoms in total. The third-order valence-corrected chi connectivity index (χ3v) is 6.64. The van der Waals surface area contributed by atoms with Crippen molar-refractivity contribution < 1.29 is 4.79 Å². The van der Waals surface area contributed by atoms with E-state index in [0.717, 1.165) is 54.3 Å². The van der Waals surface area contributed by atoms with E-state index in [1.807, 2.05) is 27.1 Å². The number of benzene rings is 1. The Kier molecular flexibility index (Phi) is 6.29. The van der Waals surface area contributed by atoms with Crippen LogP contribution >= 0.6 is 11.3 Å². The summed E-state index contributed by atoms with van der Waals surface area (Å²) < 4.78 is 0. The van der Waals surface area contributed by atoms with Gasteiger partial charge in [-0.2, -0.15) is 0 Å². The molecule has 1 aliphatic heterocycles. The minimum absolute atomic E-state index is 0.0872. The van der Waals surface area contributed by atoms with Crippen molar-refractivity contribution in [3.63, 3.8) is 0 Å². The van der Waals surface area contributed by atoms with Gasteiger partial charge in [0, 0.05) is 37.0 Å². The highest BCUT2D eigenvalue weighted by molar-refractivity contribution is 7.21. The van der Waals surface area contributed by atoms with E-state index in [-0.39, 0.29) is 11.8 Å². The van der Waals surface area contributed by atoms with Crippen molar-refractivity contribution in [3.8, 4) is 10.4 Å². The number of fused-ring (bicyclic) bond motifs is 1. The Morgan fingerprint density at radius 1 is 1.20 bits per heavy atom. The lowest BCUT2D eigenvalue weighted by Crippen LogP contribution is -2.42. The van der Waals surface area contributed by atoms with Crippen molar-refractivity contribution in [1.82, 2.24) is 20.2 Å². The molecule has 1 aliphatic rings. The number of carbonyl (C=O) groups excluding carboxylic acids is 1. The normalized spacial score (nSPS) is 15.1. The van der Waals surface area contributed by atoms with Crippen LogP contribution in [-0.4, -0.2) is 61.0 Å². The monoisotopic (exact) mass is 423 g/mol. The molecular formula is C23H29N5OS. The topological polar surface area (TPSA) is 61.4 Å². The third kappa shape index (κ3) is 4.63. The second kappa shape index (κ2) is 9.10. The van der Waals surface area contributed by atoms with Gasteiger partial charge in [-0.25, -0.2) is 9.97 Å². The van der Waals surface area contributed by atoms with Gasteiger partial charge in [0.2, 0.25) is 5.91 Å². The first kappa shape index (κ1) is 20.8. The molecule has 0 unspecified atom stereocenters. The van der Waals surface area contributed by atoms with Crippen molar-refractivity contribution in [2.24, 2.45) is 5.92 Å². The van der Waals surface area contributed by atoms with Crippen molar-refractivity contribution in [3.05, 3.63) is 42.2 Å². The smallest absolute Gasteiger partial charge is 0.223 e. The molecular weight excluding hydrogens is 394 g/mol. The van der Waals surface area contributed by atoms with Gasteiger partial charge in [-0.1, -0.05) is 30.3 Å². The van der Waals surface area contributed by atoms with Gasteiger partial charge < -0.3 is 15.1 Å². The molecule has 1 amide bonds. The number of anilines is 1. The molecule has 1 fully saturated rings. The molecule has 4 rings (SSSR count). The molecule has 0 aliphatic carbocycles. The number of carbonyl (C=O) groups is 1. The second-order valence-electron chi connectivity index (χ2n) is 8.15.